The minimum atomic E-state index is 0.270. The monoisotopic (exact) mass is 235 g/mol. The molecule has 0 aliphatic heterocycles. The highest BCUT2D eigenvalue weighted by Gasteiger charge is 2.14. The standard InChI is InChI=1S/C12H17N3O2/c1-8(2)11-13-12(17-14-11)15(4)7-10-6-5-9(3)16-10/h5-6,8H,7H2,1-4H3. The second-order valence-electron chi connectivity index (χ2n) is 4.46. The first-order chi connectivity index (χ1) is 8.06. The third-order valence-corrected chi connectivity index (χ3v) is 2.46. The van der Waals surface area contributed by atoms with Crippen molar-refractivity contribution in [3.63, 3.8) is 0 Å². The van der Waals surface area contributed by atoms with Crippen molar-refractivity contribution < 1.29 is 8.94 Å². The summed E-state index contributed by atoms with van der Waals surface area (Å²) in [7, 11) is 1.90. The Morgan fingerprint density at radius 2 is 2.12 bits per heavy atom. The van der Waals surface area contributed by atoms with E-state index in [2.05, 4.69) is 10.1 Å². The SMILES string of the molecule is Cc1ccc(CN(C)c2nc(C(C)C)no2)o1. The first kappa shape index (κ1) is 11.7. The molecule has 0 fully saturated rings. The molecule has 5 nitrogen and oxygen atoms in total. The normalized spacial score (nSPS) is 11.1. The second-order valence-corrected chi connectivity index (χ2v) is 4.46. The molecule has 17 heavy (non-hydrogen) atoms. The van der Waals surface area contributed by atoms with E-state index >= 15 is 0 Å². The van der Waals surface area contributed by atoms with Crippen LogP contribution in [0.4, 0.5) is 6.01 Å². The van der Waals surface area contributed by atoms with Gasteiger partial charge in [-0.2, -0.15) is 4.98 Å². The van der Waals surface area contributed by atoms with E-state index in [0.29, 0.717) is 12.6 Å². The van der Waals surface area contributed by atoms with Crippen molar-refractivity contribution >= 4 is 6.01 Å². The van der Waals surface area contributed by atoms with E-state index < -0.39 is 0 Å². The highest BCUT2D eigenvalue weighted by Crippen LogP contribution is 2.17. The third kappa shape index (κ3) is 2.67. The predicted molar refractivity (Wildman–Crippen MR) is 63.9 cm³/mol. The van der Waals surface area contributed by atoms with Crippen LogP contribution in [-0.2, 0) is 6.54 Å². The molecule has 0 bridgehead atoms. The lowest BCUT2D eigenvalue weighted by atomic mass is 10.2. The molecule has 0 amide bonds. The lowest BCUT2D eigenvalue weighted by Gasteiger charge is -2.11. The molecule has 0 aromatic carbocycles. The average Bonchev–Trinajstić information content (AvgIpc) is 2.86. The number of aromatic nitrogens is 2. The fourth-order valence-electron chi connectivity index (χ4n) is 1.49. The molecule has 2 rings (SSSR count). The van der Waals surface area contributed by atoms with Gasteiger partial charge >= 0.3 is 6.01 Å². The van der Waals surface area contributed by atoms with Gasteiger partial charge in [0, 0.05) is 13.0 Å². The Morgan fingerprint density at radius 3 is 2.65 bits per heavy atom. The zero-order valence-electron chi connectivity index (χ0n) is 10.6. The van der Waals surface area contributed by atoms with Gasteiger partial charge in [0.25, 0.3) is 0 Å². The Bertz CT molecular complexity index is 487. The number of nitrogens with zero attached hydrogens (tertiary/aromatic N) is 3. The molecule has 5 heteroatoms. The van der Waals surface area contributed by atoms with E-state index in [4.69, 9.17) is 8.94 Å². The van der Waals surface area contributed by atoms with E-state index in [1.54, 1.807) is 0 Å². The predicted octanol–water partition coefficient (Wildman–Crippen LogP) is 2.73. The van der Waals surface area contributed by atoms with Crippen LogP contribution < -0.4 is 4.90 Å². The number of anilines is 1. The fourth-order valence-corrected chi connectivity index (χ4v) is 1.49. The van der Waals surface area contributed by atoms with Crippen molar-refractivity contribution in [2.75, 3.05) is 11.9 Å². The molecule has 0 atom stereocenters. The molecule has 0 unspecified atom stereocenters. The number of furan rings is 1. The first-order valence-electron chi connectivity index (χ1n) is 5.66. The van der Waals surface area contributed by atoms with E-state index in [1.807, 2.05) is 44.9 Å². The van der Waals surface area contributed by atoms with E-state index in [9.17, 15) is 0 Å². The van der Waals surface area contributed by atoms with Gasteiger partial charge < -0.3 is 13.8 Å². The summed E-state index contributed by atoms with van der Waals surface area (Å²) in [4.78, 5) is 6.19. The molecule has 0 N–H and O–H groups in total. The van der Waals surface area contributed by atoms with Gasteiger partial charge in [-0.15, -0.1) is 0 Å². The van der Waals surface area contributed by atoms with Crippen molar-refractivity contribution in [3.8, 4) is 0 Å². The molecule has 0 saturated heterocycles. The number of aryl methyl sites for hydroxylation is 1. The van der Waals surface area contributed by atoms with Crippen molar-refractivity contribution in [3.05, 3.63) is 29.5 Å². The molecule has 0 aliphatic rings. The zero-order valence-corrected chi connectivity index (χ0v) is 10.6. The van der Waals surface area contributed by atoms with Crippen LogP contribution in [0, 0.1) is 6.92 Å². The minimum absolute atomic E-state index is 0.270. The van der Waals surface area contributed by atoms with E-state index in [-0.39, 0.29) is 5.92 Å². The lowest BCUT2D eigenvalue weighted by molar-refractivity contribution is 0.401. The summed E-state index contributed by atoms with van der Waals surface area (Å²) in [5, 5.41) is 3.93. The summed E-state index contributed by atoms with van der Waals surface area (Å²) in [6.07, 6.45) is 0. The van der Waals surface area contributed by atoms with Crippen LogP contribution in [0.2, 0.25) is 0 Å². The average molecular weight is 235 g/mol. The summed E-state index contributed by atoms with van der Waals surface area (Å²) >= 11 is 0. The third-order valence-electron chi connectivity index (χ3n) is 2.46. The molecular formula is C12H17N3O2. The summed E-state index contributed by atoms with van der Waals surface area (Å²) in [6, 6.07) is 4.41. The quantitative estimate of drug-likeness (QED) is 0.815. The van der Waals surface area contributed by atoms with E-state index in [0.717, 1.165) is 17.3 Å². The summed E-state index contributed by atoms with van der Waals surface area (Å²) in [6.45, 7) is 6.61. The van der Waals surface area contributed by atoms with Crippen molar-refractivity contribution in [1.82, 2.24) is 10.1 Å². The fraction of sp³-hybridized carbons (Fsp3) is 0.500. The van der Waals surface area contributed by atoms with Gasteiger partial charge in [-0.05, 0) is 19.1 Å². The van der Waals surface area contributed by atoms with Crippen LogP contribution in [0.1, 0.15) is 37.1 Å². The largest absolute Gasteiger partial charge is 0.464 e. The Labute approximate surface area is 100 Å². The maximum Gasteiger partial charge on any atom is 0.324 e. The maximum atomic E-state index is 5.50. The Balaban J connectivity index is 2.06. The summed E-state index contributed by atoms with van der Waals surface area (Å²) < 4.78 is 10.7. The van der Waals surface area contributed by atoms with Gasteiger partial charge in [-0.1, -0.05) is 19.0 Å². The molecule has 0 saturated carbocycles. The minimum Gasteiger partial charge on any atom is -0.464 e. The zero-order chi connectivity index (χ0) is 12.4. The number of hydrogen-bond donors (Lipinski definition) is 0. The molecule has 2 aromatic heterocycles. The summed E-state index contributed by atoms with van der Waals surface area (Å²) in [5.74, 6) is 2.78. The van der Waals surface area contributed by atoms with Gasteiger partial charge in [-0.25, -0.2) is 0 Å². The molecule has 2 heterocycles. The van der Waals surface area contributed by atoms with Gasteiger partial charge in [0.15, 0.2) is 5.82 Å². The van der Waals surface area contributed by atoms with Gasteiger partial charge in [-0.3, -0.25) is 0 Å². The topological polar surface area (TPSA) is 55.3 Å². The van der Waals surface area contributed by atoms with Crippen LogP contribution >= 0.6 is 0 Å². The second kappa shape index (κ2) is 4.61. The highest BCUT2D eigenvalue weighted by molar-refractivity contribution is 5.25. The molecule has 92 valence electrons. The first-order valence-corrected chi connectivity index (χ1v) is 5.66. The van der Waals surface area contributed by atoms with Crippen molar-refractivity contribution in [2.45, 2.75) is 33.2 Å². The highest BCUT2D eigenvalue weighted by atomic mass is 16.5. The van der Waals surface area contributed by atoms with Crippen LogP contribution in [-0.4, -0.2) is 17.2 Å². The van der Waals surface area contributed by atoms with Gasteiger partial charge in [0.1, 0.15) is 11.5 Å². The number of hydrogen-bond acceptors (Lipinski definition) is 5. The van der Waals surface area contributed by atoms with Crippen molar-refractivity contribution in [2.24, 2.45) is 0 Å². The van der Waals surface area contributed by atoms with Gasteiger partial charge in [0.2, 0.25) is 0 Å². The maximum absolute atomic E-state index is 5.50. The Kier molecular flexibility index (Phi) is 3.17. The molecular weight excluding hydrogens is 218 g/mol. The van der Waals surface area contributed by atoms with Crippen LogP contribution in [0.5, 0.6) is 0 Å². The Morgan fingerprint density at radius 1 is 1.35 bits per heavy atom. The van der Waals surface area contributed by atoms with Crippen LogP contribution in [0.3, 0.4) is 0 Å². The molecule has 0 aliphatic carbocycles. The van der Waals surface area contributed by atoms with Crippen LogP contribution in [0.15, 0.2) is 21.1 Å². The van der Waals surface area contributed by atoms with Gasteiger partial charge in [0.05, 0.1) is 6.54 Å². The smallest absolute Gasteiger partial charge is 0.324 e. The number of rotatable bonds is 4. The lowest BCUT2D eigenvalue weighted by Crippen LogP contribution is -2.16. The molecule has 0 radical (unpaired) electrons. The Hall–Kier alpha value is -1.78. The molecule has 2 aromatic rings. The van der Waals surface area contributed by atoms with Crippen LogP contribution in [0.25, 0.3) is 0 Å². The van der Waals surface area contributed by atoms with E-state index in [1.165, 1.54) is 0 Å². The molecule has 0 spiro atoms. The summed E-state index contributed by atoms with van der Waals surface area (Å²) in [5.41, 5.74) is 0. The van der Waals surface area contributed by atoms with Crippen molar-refractivity contribution in [1.29, 1.82) is 0 Å².